The third kappa shape index (κ3) is 9.16. The van der Waals surface area contributed by atoms with Gasteiger partial charge in [-0.1, -0.05) is 30.3 Å². The Kier molecular flexibility index (Phi) is 10.7. The van der Waals surface area contributed by atoms with Crippen LogP contribution >= 0.6 is 0 Å². The first-order chi connectivity index (χ1) is 13.0. The van der Waals surface area contributed by atoms with Crippen LogP contribution in [0, 0.1) is 5.92 Å². The van der Waals surface area contributed by atoms with Crippen LogP contribution in [0.15, 0.2) is 30.3 Å². The lowest BCUT2D eigenvalue weighted by Gasteiger charge is -2.32. The molecule has 1 fully saturated rings. The van der Waals surface area contributed by atoms with Crippen LogP contribution in [-0.4, -0.2) is 67.7 Å². The topological polar surface area (TPSA) is 122 Å². The summed E-state index contributed by atoms with van der Waals surface area (Å²) in [7, 11) is 1.64. The van der Waals surface area contributed by atoms with Crippen LogP contribution in [0.4, 0.5) is 0 Å². The monoisotopic (exact) mass is 379 g/mol. The Morgan fingerprint density at radius 2 is 2.07 bits per heavy atom. The number of nitrogens with one attached hydrogen (secondary N) is 1. The number of carbonyl (C=O) groups is 3. The molecule has 0 spiro atoms. The molecular weight excluding hydrogens is 350 g/mol. The first-order valence-corrected chi connectivity index (χ1v) is 8.91. The van der Waals surface area contributed by atoms with Crippen LogP contribution in [0.1, 0.15) is 18.4 Å². The van der Waals surface area contributed by atoms with E-state index in [9.17, 15) is 9.59 Å². The summed E-state index contributed by atoms with van der Waals surface area (Å²) in [5.74, 6) is -0.423. The highest BCUT2D eigenvalue weighted by Gasteiger charge is 2.27. The number of primary amides is 1. The molecule has 1 saturated heterocycles. The molecule has 1 unspecified atom stereocenters. The number of hydrogen-bond donors (Lipinski definition) is 3. The lowest BCUT2D eigenvalue weighted by atomic mass is 9.96. The number of rotatable bonds is 8. The molecule has 150 valence electrons. The van der Waals surface area contributed by atoms with Gasteiger partial charge < -0.3 is 20.9 Å². The largest absolute Gasteiger partial charge is 0.483 e. The van der Waals surface area contributed by atoms with Gasteiger partial charge in [0.05, 0.1) is 25.1 Å². The van der Waals surface area contributed by atoms with Gasteiger partial charge in [0.25, 0.3) is 6.47 Å². The van der Waals surface area contributed by atoms with Gasteiger partial charge in [-0.25, -0.2) is 0 Å². The third-order valence-electron chi connectivity index (χ3n) is 4.29. The fraction of sp³-hybridized carbons (Fsp3) is 0.526. The number of piperidine rings is 1. The number of carboxylic acid groups (broad SMARTS) is 1. The highest BCUT2D eigenvalue weighted by atomic mass is 16.5. The molecule has 0 radical (unpaired) electrons. The van der Waals surface area contributed by atoms with Crippen molar-refractivity contribution in [1.29, 1.82) is 0 Å². The maximum Gasteiger partial charge on any atom is 0.290 e. The maximum atomic E-state index is 12.6. The standard InChI is InChI=1S/C18H27N3O3.CH2O2/c1-24-13-16(10-14-6-3-2-4-7-14)20-18(23)15-8-5-9-21(11-15)12-17(19)22;2-1-3/h2-4,6-7,15-16H,5,8-13H2,1H3,(H2,19,22)(H,20,23);1H,(H,2,3)/t15?,16-;/m0./s1. The van der Waals surface area contributed by atoms with Gasteiger partial charge in [-0.05, 0) is 31.4 Å². The average Bonchev–Trinajstić information content (AvgIpc) is 2.63. The number of amides is 2. The van der Waals surface area contributed by atoms with Crippen molar-refractivity contribution >= 4 is 18.3 Å². The van der Waals surface area contributed by atoms with E-state index >= 15 is 0 Å². The van der Waals surface area contributed by atoms with Crippen molar-refractivity contribution in [3.05, 3.63) is 35.9 Å². The second kappa shape index (κ2) is 12.8. The van der Waals surface area contributed by atoms with E-state index in [2.05, 4.69) is 5.32 Å². The van der Waals surface area contributed by atoms with Gasteiger partial charge in [0.2, 0.25) is 11.8 Å². The van der Waals surface area contributed by atoms with E-state index in [-0.39, 0.29) is 36.8 Å². The lowest BCUT2D eigenvalue weighted by Crippen LogP contribution is -2.49. The summed E-state index contributed by atoms with van der Waals surface area (Å²) in [6.45, 7) is 1.84. The minimum Gasteiger partial charge on any atom is -0.483 e. The van der Waals surface area contributed by atoms with E-state index in [0.29, 0.717) is 13.2 Å². The summed E-state index contributed by atoms with van der Waals surface area (Å²) in [6.07, 6.45) is 2.48. The Bertz CT molecular complexity index is 582. The molecule has 1 aromatic carbocycles. The molecule has 27 heavy (non-hydrogen) atoms. The zero-order valence-electron chi connectivity index (χ0n) is 15.7. The summed E-state index contributed by atoms with van der Waals surface area (Å²) in [4.78, 5) is 34.0. The Balaban J connectivity index is 0.00000114. The van der Waals surface area contributed by atoms with E-state index in [1.807, 2.05) is 35.2 Å². The average molecular weight is 379 g/mol. The van der Waals surface area contributed by atoms with E-state index in [0.717, 1.165) is 25.8 Å². The number of methoxy groups -OCH3 is 1. The molecule has 1 aliphatic heterocycles. The van der Waals surface area contributed by atoms with Crippen LogP contribution in [0.2, 0.25) is 0 Å². The van der Waals surface area contributed by atoms with E-state index < -0.39 is 0 Å². The van der Waals surface area contributed by atoms with Gasteiger partial charge in [0, 0.05) is 13.7 Å². The predicted octanol–water partition coefficient (Wildman–Crippen LogP) is 0.258. The smallest absolute Gasteiger partial charge is 0.290 e. The highest BCUT2D eigenvalue weighted by molar-refractivity contribution is 5.80. The number of nitrogens with two attached hydrogens (primary N) is 1. The van der Waals surface area contributed by atoms with Gasteiger partial charge in [-0.15, -0.1) is 0 Å². The molecule has 0 aromatic heterocycles. The molecule has 0 bridgehead atoms. The molecule has 2 amide bonds. The zero-order chi connectivity index (χ0) is 20.1. The molecule has 1 aliphatic rings. The van der Waals surface area contributed by atoms with E-state index in [1.54, 1.807) is 7.11 Å². The van der Waals surface area contributed by atoms with Crippen molar-refractivity contribution in [3.8, 4) is 0 Å². The van der Waals surface area contributed by atoms with E-state index in [1.165, 1.54) is 5.56 Å². The third-order valence-corrected chi connectivity index (χ3v) is 4.29. The first kappa shape index (κ1) is 22.6. The molecule has 1 heterocycles. The fourth-order valence-electron chi connectivity index (χ4n) is 3.20. The van der Waals surface area contributed by atoms with Crippen molar-refractivity contribution in [1.82, 2.24) is 10.2 Å². The van der Waals surface area contributed by atoms with Crippen molar-refractivity contribution < 1.29 is 24.2 Å². The summed E-state index contributed by atoms with van der Waals surface area (Å²) >= 11 is 0. The van der Waals surface area contributed by atoms with Gasteiger partial charge in [0.1, 0.15) is 0 Å². The van der Waals surface area contributed by atoms with Gasteiger partial charge in [-0.3, -0.25) is 19.3 Å². The lowest BCUT2D eigenvalue weighted by molar-refractivity contribution is -0.129. The summed E-state index contributed by atoms with van der Waals surface area (Å²) in [5, 5.41) is 9.99. The normalized spacial score (nSPS) is 17.9. The van der Waals surface area contributed by atoms with Crippen molar-refractivity contribution in [3.63, 3.8) is 0 Å². The second-order valence-corrected chi connectivity index (χ2v) is 6.50. The molecule has 0 saturated carbocycles. The second-order valence-electron chi connectivity index (χ2n) is 6.50. The SMILES string of the molecule is COC[C@H](Cc1ccccc1)NC(=O)C1CCCN(CC(N)=O)C1.O=CO. The van der Waals surface area contributed by atoms with Crippen molar-refractivity contribution in [2.24, 2.45) is 11.7 Å². The molecule has 1 aromatic rings. The molecule has 4 N–H and O–H groups in total. The number of nitrogens with zero attached hydrogens (tertiary/aromatic N) is 1. The molecular formula is C19H29N3O5. The number of carbonyl (C=O) groups excluding carboxylic acids is 2. The van der Waals surface area contributed by atoms with E-state index in [4.69, 9.17) is 20.4 Å². The summed E-state index contributed by atoms with van der Waals surface area (Å²) in [6, 6.07) is 9.99. The molecule has 0 aliphatic carbocycles. The molecule has 2 rings (SSSR count). The highest BCUT2D eigenvalue weighted by Crippen LogP contribution is 2.17. The number of hydrogen-bond acceptors (Lipinski definition) is 5. The van der Waals surface area contributed by atoms with Gasteiger partial charge in [0.15, 0.2) is 0 Å². The maximum absolute atomic E-state index is 12.6. The molecule has 8 nitrogen and oxygen atoms in total. The van der Waals surface area contributed by atoms with Crippen LogP contribution in [0.5, 0.6) is 0 Å². The van der Waals surface area contributed by atoms with Crippen LogP contribution in [0.3, 0.4) is 0 Å². The fourth-order valence-corrected chi connectivity index (χ4v) is 3.20. The van der Waals surface area contributed by atoms with Gasteiger partial charge in [-0.2, -0.15) is 0 Å². The first-order valence-electron chi connectivity index (χ1n) is 8.91. The Hall–Kier alpha value is -2.45. The van der Waals surface area contributed by atoms with Crippen LogP contribution in [-0.2, 0) is 25.5 Å². The summed E-state index contributed by atoms with van der Waals surface area (Å²) < 4.78 is 5.25. The summed E-state index contributed by atoms with van der Waals surface area (Å²) in [5.41, 5.74) is 6.42. The Labute approximate surface area is 159 Å². The minimum absolute atomic E-state index is 0.0298. The Morgan fingerprint density at radius 1 is 1.41 bits per heavy atom. The molecule has 2 atom stereocenters. The number of ether oxygens (including phenoxy) is 1. The van der Waals surface area contributed by atoms with Crippen LogP contribution in [0.25, 0.3) is 0 Å². The Morgan fingerprint density at radius 3 is 2.67 bits per heavy atom. The molecule has 8 heteroatoms. The zero-order valence-corrected chi connectivity index (χ0v) is 15.7. The van der Waals surface area contributed by atoms with Crippen LogP contribution < -0.4 is 11.1 Å². The van der Waals surface area contributed by atoms with Gasteiger partial charge >= 0.3 is 0 Å². The number of likely N-dealkylation sites (tertiary alicyclic amines) is 1. The quantitative estimate of drug-likeness (QED) is 0.557. The van der Waals surface area contributed by atoms with Crippen molar-refractivity contribution in [2.45, 2.75) is 25.3 Å². The minimum atomic E-state index is -0.350. The number of benzene rings is 1. The predicted molar refractivity (Wildman–Crippen MR) is 101 cm³/mol. The van der Waals surface area contributed by atoms with Crippen molar-refractivity contribution in [2.75, 3.05) is 33.4 Å².